The molecule has 2 unspecified atom stereocenters. The predicted octanol–water partition coefficient (Wildman–Crippen LogP) is 3.12. The van der Waals surface area contributed by atoms with Crippen LogP contribution >= 0.6 is 0 Å². The van der Waals surface area contributed by atoms with Crippen molar-refractivity contribution in [3.8, 4) is 0 Å². The number of hydrogen-bond acceptors (Lipinski definition) is 0. The Morgan fingerprint density at radius 1 is 1.00 bits per heavy atom. The molecule has 1 saturated carbocycles. The number of rotatable bonds is 0. The zero-order chi connectivity index (χ0) is 7.19. The van der Waals surface area contributed by atoms with Crippen molar-refractivity contribution in [2.24, 2.45) is 11.8 Å². The van der Waals surface area contributed by atoms with Gasteiger partial charge in [-0.05, 0) is 0 Å². The Bertz CT molecular complexity index is 126. The van der Waals surface area contributed by atoms with Gasteiger partial charge in [-0.25, -0.2) is 0 Å². The van der Waals surface area contributed by atoms with Crippen molar-refractivity contribution in [1.29, 1.82) is 0 Å². The molecule has 0 radical (unpaired) electrons. The first kappa shape index (κ1) is 7.45. The molecule has 1 aliphatic carbocycles. The zero-order valence-electron chi connectivity index (χ0n) is 7.19. The van der Waals surface area contributed by atoms with Crippen molar-refractivity contribution in [2.45, 2.75) is 38.0 Å². The van der Waals surface area contributed by atoms with E-state index in [9.17, 15) is 0 Å². The first-order chi connectivity index (χ1) is 4.66. The Labute approximate surface area is 68.3 Å². The summed E-state index contributed by atoms with van der Waals surface area (Å²) in [6.07, 6.45) is 4.79. The van der Waals surface area contributed by atoms with Gasteiger partial charge in [0, 0.05) is 0 Å². The topological polar surface area (TPSA) is 0 Å². The van der Waals surface area contributed by atoms with Gasteiger partial charge >= 0.3 is 68.2 Å². The summed E-state index contributed by atoms with van der Waals surface area (Å²) >= 11 is -1.34. The van der Waals surface area contributed by atoms with Crippen LogP contribution in [-0.4, -0.2) is 18.4 Å². The van der Waals surface area contributed by atoms with Crippen LogP contribution in [0.2, 0.25) is 18.8 Å². The first-order valence-corrected chi connectivity index (χ1v) is 14.4. The van der Waals surface area contributed by atoms with Gasteiger partial charge in [-0.3, -0.25) is 0 Å². The van der Waals surface area contributed by atoms with Crippen molar-refractivity contribution >= 4 is 18.4 Å². The second kappa shape index (κ2) is 2.39. The third kappa shape index (κ3) is 1.37. The number of hydrogen-bond donors (Lipinski definition) is 0. The fourth-order valence-electron chi connectivity index (χ4n) is 3.20. The Kier molecular flexibility index (Phi) is 1.78. The molecule has 0 amide bonds. The van der Waals surface area contributed by atoms with Crippen molar-refractivity contribution < 1.29 is 0 Å². The molecule has 1 saturated heterocycles. The minimum atomic E-state index is -1.34. The quantitative estimate of drug-likeness (QED) is 0.575. The van der Waals surface area contributed by atoms with Gasteiger partial charge in [-0.1, -0.05) is 0 Å². The molecular formula is C9H18Sn. The maximum atomic E-state index is 2.65. The molecular weight excluding hydrogens is 227 g/mol. The standard InChI is InChI=1S/C7H12.2CH3.Sn/c1-6-3-4-7(2)5-6;;;/h6-7H,1-5H2;2*1H3;. The summed E-state index contributed by atoms with van der Waals surface area (Å²) in [4.78, 5) is 5.30. The van der Waals surface area contributed by atoms with Gasteiger partial charge in [0.1, 0.15) is 0 Å². The van der Waals surface area contributed by atoms with Gasteiger partial charge in [-0.2, -0.15) is 0 Å². The molecule has 0 spiro atoms. The molecule has 2 atom stereocenters. The SMILES string of the molecule is [CH3][Sn]1([CH3])[CH2]C2CCC(C2)[CH2]1. The van der Waals surface area contributed by atoms with Crippen LogP contribution < -0.4 is 0 Å². The molecule has 1 aliphatic heterocycles. The molecule has 2 bridgehead atoms. The van der Waals surface area contributed by atoms with E-state index >= 15 is 0 Å². The van der Waals surface area contributed by atoms with Gasteiger partial charge in [0.15, 0.2) is 0 Å². The minimum absolute atomic E-state index is 1.20. The van der Waals surface area contributed by atoms with E-state index in [-0.39, 0.29) is 0 Å². The van der Waals surface area contributed by atoms with Gasteiger partial charge in [-0.15, -0.1) is 0 Å². The Hall–Kier alpha value is 0.799. The van der Waals surface area contributed by atoms with Crippen molar-refractivity contribution in [3.05, 3.63) is 0 Å². The van der Waals surface area contributed by atoms with E-state index in [0.717, 1.165) is 0 Å². The molecule has 0 nitrogen and oxygen atoms in total. The summed E-state index contributed by atoms with van der Waals surface area (Å²) in [6, 6.07) is 0. The first-order valence-electron chi connectivity index (χ1n) is 4.66. The Morgan fingerprint density at radius 3 is 2.00 bits per heavy atom. The van der Waals surface area contributed by atoms with Crippen molar-refractivity contribution in [3.63, 3.8) is 0 Å². The third-order valence-electron chi connectivity index (χ3n) is 3.33. The van der Waals surface area contributed by atoms with Crippen LogP contribution in [0.25, 0.3) is 0 Å². The molecule has 1 heteroatoms. The summed E-state index contributed by atoms with van der Waals surface area (Å²) < 4.78 is 3.43. The molecule has 0 aromatic heterocycles. The predicted molar refractivity (Wildman–Crippen MR) is 47.9 cm³/mol. The van der Waals surface area contributed by atoms with E-state index in [4.69, 9.17) is 0 Å². The molecule has 0 aromatic carbocycles. The average molecular weight is 245 g/mol. The summed E-state index contributed by atoms with van der Waals surface area (Å²) in [6.45, 7) is 0. The maximum absolute atomic E-state index is 2.65. The molecule has 58 valence electrons. The number of fused-ring (bicyclic) bond motifs is 2. The van der Waals surface area contributed by atoms with E-state index in [1.165, 1.54) is 11.8 Å². The van der Waals surface area contributed by atoms with Crippen LogP contribution in [0.5, 0.6) is 0 Å². The van der Waals surface area contributed by atoms with Crippen LogP contribution in [0.3, 0.4) is 0 Å². The molecule has 0 N–H and O–H groups in total. The van der Waals surface area contributed by atoms with E-state index < -0.39 is 18.4 Å². The van der Waals surface area contributed by atoms with Gasteiger partial charge in [0.25, 0.3) is 0 Å². The van der Waals surface area contributed by atoms with Crippen molar-refractivity contribution in [1.82, 2.24) is 0 Å². The van der Waals surface area contributed by atoms with E-state index in [0.29, 0.717) is 0 Å². The fourth-order valence-corrected chi connectivity index (χ4v) is 14.7. The molecule has 10 heavy (non-hydrogen) atoms. The molecule has 2 rings (SSSR count). The second-order valence-electron chi connectivity index (χ2n) is 5.12. The third-order valence-corrected chi connectivity index (χ3v) is 12.9. The molecule has 2 fully saturated rings. The summed E-state index contributed by atoms with van der Waals surface area (Å²) in [5.74, 6) is 2.40. The van der Waals surface area contributed by atoms with Gasteiger partial charge in [0.2, 0.25) is 0 Å². The van der Waals surface area contributed by atoms with E-state index in [1.807, 2.05) is 0 Å². The zero-order valence-corrected chi connectivity index (χ0v) is 10.0. The normalized spacial score (nSPS) is 43.8. The van der Waals surface area contributed by atoms with Crippen LogP contribution in [0.15, 0.2) is 0 Å². The summed E-state index contributed by atoms with van der Waals surface area (Å²) in [5.41, 5.74) is 0. The second-order valence-corrected chi connectivity index (χ2v) is 19.8. The van der Waals surface area contributed by atoms with E-state index in [1.54, 1.807) is 28.1 Å². The fraction of sp³-hybridized carbons (Fsp3) is 1.00. The van der Waals surface area contributed by atoms with Crippen LogP contribution in [0, 0.1) is 11.8 Å². The Balaban J connectivity index is 2.09. The molecule has 2 aliphatic rings. The van der Waals surface area contributed by atoms with Crippen LogP contribution in [0.4, 0.5) is 0 Å². The van der Waals surface area contributed by atoms with E-state index in [2.05, 4.69) is 9.88 Å². The van der Waals surface area contributed by atoms with Crippen LogP contribution in [0.1, 0.15) is 19.3 Å². The summed E-state index contributed by atoms with van der Waals surface area (Å²) in [5, 5.41) is 0. The average Bonchev–Trinajstić information content (AvgIpc) is 2.08. The molecule has 0 aromatic rings. The van der Waals surface area contributed by atoms with Gasteiger partial charge < -0.3 is 0 Å². The monoisotopic (exact) mass is 246 g/mol. The van der Waals surface area contributed by atoms with Crippen molar-refractivity contribution in [2.75, 3.05) is 0 Å². The van der Waals surface area contributed by atoms with Gasteiger partial charge in [0.05, 0.1) is 0 Å². The molecule has 1 heterocycles. The van der Waals surface area contributed by atoms with Crippen LogP contribution in [-0.2, 0) is 0 Å². The Morgan fingerprint density at radius 2 is 1.50 bits per heavy atom. The summed E-state index contributed by atoms with van der Waals surface area (Å²) in [7, 11) is 0.